The highest BCUT2D eigenvalue weighted by molar-refractivity contribution is 5.69. The largest absolute Gasteiger partial charge is 0.450 e. The lowest BCUT2D eigenvalue weighted by Crippen LogP contribution is -2.41. The van der Waals surface area contributed by atoms with Crippen LogP contribution < -0.4 is 5.32 Å². The molecule has 1 aliphatic rings. The molecule has 2 unspecified atom stereocenters. The summed E-state index contributed by atoms with van der Waals surface area (Å²) in [5, 5.41) is 12.0. The second-order valence-electron chi connectivity index (χ2n) is 6.25. The first-order valence-electron chi connectivity index (χ1n) is 7.57. The molecule has 0 radical (unpaired) electrons. The summed E-state index contributed by atoms with van der Waals surface area (Å²) < 4.78 is 10.2. The molecule has 1 saturated heterocycles. The molecule has 7 nitrogen and oxygen atoms in total. The minimum atomic E-state index is -0.555. The number of hydrogen-bond donors (Lipinski definition) is 1. The zero-order valence-electron chi connectivity index (χ0n) is 13.7. The summed E-state index contributed by atoms with van der Waals surface area (Å²) in [5.41, 5.74) is -0.555. The average molecular weight is 311 g/mol. The van der Waals surface area contributed by atoms with Crippen LogP contribution in [0.25, 0.3) is 0 Å². The monoisotopic (exact) mass is 311 g/mol. The predicted octanol–water partition coefficient (Wildman–Crippen LogP) is 2.27. The molecule has 2 atom stereocenters. The maximum atomic E-state index is 12.1. The van der Waals surface area contributed by atoms with E-state index in [-0.39, 0.29) is 24.7 Å². The number of likely N-dealkylation sites (tertiary alicyclic amines) is 1. The summed E-state index contributed by atoms with van der Waals surface area (Å²) in [6.07, 6.45) is 0.0720. The van der Waals surface area contributed by atoms with E-state index in [0.717, 1.165) is 0 Å². The van der Waals surface area contributed by atoms with Crippen LogP contribution in [0.15, 0.2) is 0 Å². The molecule has 1 fully saturated rings. The molecule has 7 heteroatoms. The smallest absolute Gasteiger partial charge is 0.410 e. The summed E-state index contributed by atoms with van der Waals surface area (Å²) in [4.78, 5) is 25.2. The Morgan fingerprint density at radius 1 is 1.32 bits per heavy atom. The SMILES string of the molecule is CCOC(=O)NC1CCN(C(=O)OC(C)(C)C)CCC1C#N. The highest BCUT2D eigenvalue weighted by atomic mass is 16.6. The highest BCUT2D eigenvalue weighted by Crippen LogP contribution is 2.20. The van der Waals surface area contributed by atoms with Crippen molar-refractivity contribution < 1.29 is 19.1 Å². The molecule has 0 saturated carbocycles. The van der Waals surface area contributed by atoms with E-state index in [4.69, 9.17) is 9.47 Å². The summed E-state index contributed by atoms with van der Waals surface area (Å²) in [5.74, 6) is -0.350. The van der Waals surface area contributed by atoms with Gasteiger partial charge in [0.2, 0.25) is 0 Å². The second kappa shape index (κ2) is 7.87. The van der Waals surface area contributed by atoms with E-state index >= 15 is 0 Å². The number of rotatable bonds is 2. The Bertz CT molecular complexity index is 439. The van der Waals surface area contributed by atoms with Crippen LogP contribution >= 0.6 is 0 Å². The van der Waals surface area contributed by atoms with Crippen molar-refractivity contribution in [3.8, 4) is 6.07 Å². The van der Waals surface area contributed by atoms with Crippen LogP contribution in [0.3, 0.4) is 0 Å². The maximum absolute atomic E-state index is 12.1. The number of alkyl carbamates (subject to hydrolysis) is 1. The number of hydrogen-bond acceptors (Lipinski definition) is 5. The summed E-state index contributed by atoms with van der Waals surface area (Å²) in [6, 6.07) is 1.88. The average Bonchev–Trinajstić information content (AvgIpc) is 2.59. The number of nitriles is 1. The standard InChI is InChI=1S/C15H25N3O4/c1-5-21-13(19)17-12-7-9-18(8-6-11(12)10-16)14(20)22-15(2,3)4/h11-12H,5-9H2,1-4H3,(H,17,19). The molecular formula is C15H25N3O4. The minimum absolute atomic E-state index is 0.278. The molecule has 1 heterocycles. The maximum Gasteiger partial charge on any atom is 0.410 e. The molecule has 124 valence electrons. The molecule has 0 bridgehead atoms. The van der Waals surface area contributed by atoms with Gasteiger partial charge in [-0.25, -0.2) is 9.59 Å². The fourth-order valence-electron chi connectivity index (χ4n) is 2.26. The summed E-state index contributed by atoms with van der Waals surface area (Å²) in [7, 11) is 0. The molecule has 2 amide bonds. The molecule has 1 aliphatic heterocycles. The molecule has 0 spiro atoms. The molecule has 22 heavy (non-hydrogen) atoms. The van der Waals surface area contributed by atoms with Gasteiger partial charge >= 0.3 is 12.2 Å². The van der Waals surface area contributed by atoms with E-state index in [2.05, 4.69) is 11.4 Å². The van der Waals surface area contributed by atoms with Crippen LogP contribution in [0, 0.1) is 17.2 Å². The van der Waals surface area contributed by atoms with Gasteiger partial charge in [-0.05, 0) is 40.5 Å². The van der Waals surface area contributed by atoms with Crippen molar-refractivity contribution in [2.24, 2.45) is 5.92 Å². The van der Waals surface area contributed by atoms with Crippen LogP contribution in [0.4, 0.5) is 9.59 Å². The lowest BCUT2D eigenvalue weighted by Gasteiger charge is -2.26. The fourth-order valence-corrected chi connectivity index (χ4v) is 2.26. The second-order valence-corrected chi connectivity index (χ2v) is 6.25. The molecule has 0 aliphatic carbocycles. The molecule has 1 rings (SSSR count). The van der Waals surface area contributed by atoms with Crippen LogP contribution in [-0.4, -0.2) is 48.4 Å². The van der Waals surface area contributed by atoms with E-state index < -0.39 is 11.7 Å². The van der Waals surface area contributed by atoms with Gasteiger partial charge in [0.1, 0.15) is 5.60 Å². The first-order chi connectivity index (χ1) is 10.3. The highest BCUT2D eigenvalue weighted by Gasteiger charge is 2.31. The van der Waals surface area contributed by atoms with Crippen LogP contribution in [0.2, 0.25) is 0 Å². The third-order valence-electron chi connectivity index (χ3n) is 3.30. The van der Waals surface area contributed by atoms with Gasteiger partial charge in [0, 0.05) is 19.1 Å². The number of ether oxygens (including phenoxy) is 2. The zero-order chi connectivity index (χ0) is 16.8. The summed E-state index contributed by atoms with van der Waals surface area (Å²) in [6.45, 7) is 8.31. The number of carbonyl (C=O) groups is 2. The van der Waals surface area contributed by atoms with Gasteiger partial charge in [0.05, 0.1) is 18.6 Å². The van der Waals surface area contributed by atoms with E-state index in [1.54, 1.807) is 11.8 Å². The zero-order valence-corrected chi connectivity index (χ0v) is 13.7. The Morgan fingerprint density at radius 3 is 2.50 bits per heavy atom. The van der Waals surface area contributed by atoms with Crippen molar-refractivity contribution in [3.63, 3.8) is 0 Å². The predicted molar refractivity (Wildman–Crippen MR) is 80.1 cm³/mol. The summed E-state index contributed by atoms with van der Waals surface area (Å²) >= 11 is 0. The van der Waals surface area contributed by atoms with Crippen LogP contribution in [0.5, 0.6) is 0 Å². The third kappa shape index (κ3) is 5.80. The first kappa shape index (κ1) is 18.1. The lowest BCUT2D eigenvalue weighted by molar-refractivity contribution is 0.0255. The van der Waals surface area contributed by atoms with E-state index in [9.17, 15) is 14.9 Å². The fraction of sp³-hybridized carbons (Fsp3) is 0.800. The van der Waals surface area contributed by atoms with Crippen molar-refractivity contribution in [1.82, 2.24) is 10.2 Å². The Morgan fingerprint density at radius 2 is 1.95 bits per heavy atom. The quantitative estimate of drug-likeness (QED) is 0.844. The molecule has 0 aromatic carbocycles. The van der Waals surface area contributed by atoms with Crippen molar-refractivity contribution in [1.29, 1.82) is 5.26 Å². The number of nitrogens with zero attached hydrogens (tertiary/aromatic N) is 2. The van der Waals surface area contributed by atoms with Gasteiger partial charge in [-0.3, -0.25) is 0 Å². The Kier molecular flexibility index (Phi) is 6.47. The molecule has 0 aromatic rings. The van der Waals surface area contributed by atoms with Gasteiger partial charge in [-0.15, -0.1) is 0 Å². The Labute approximate surface area is 131 Å². The topological polar surface area (TPSA) is 91.7 Å². The van der Waals surface area contributed by atoms with Gasteiger partial charge < -0.3 is 19.7 Å². The van der Waals surface area contributed by atoms with Gasteiger partial charge in [-0.2, -0.15) is 5.26 Å². The third-order valence-corrected chi connectivity index (χ3v) is 3.30. The minimum Gasteiger partial charge on any atom is -0.450 e. The van der Waals surface area contributed by atoms with Crippen molar-refractivity contribution in [3.05, 3.63) is 0 Å². The molecule has 0 aromatic heterocycles. The molecular weight excluding hydrogens is 286 g/mol. The van der Waals surface area contributed by atoms with E-state index in [0.29, 0.717) is 25.9 Å². The number of amides is 2. The van der Waals surface area contributed by atoms with Gasteiger partial charge in [0.15, 0.2) is 0 Å². The van der Waals surface area contributed by atoms with Crippen molar-refractivity contribution in [2.75, 3.05) is 19.7 Å². The molecule has 1 N–H and O–H groups in total. The van der Waals surface area contributed by atoms with Gasteiger partial charge in [-0.1, -0.05) is 0 Å². The van der Waals surface area contributed by atoms with E-state index in [1.165, 1.54) is 0 Å². The van der Waals surface area contributed by atoms with E-state index in [1.807, 2.05) is 20.8 Å². The van der Waals surface area contributed by atoms with Gasteiger partial charge in [0.25, 0.3) is 0 Å². The lowest BCUT2D eigenvalue weighted by atomic mass is 9.97. The first-order valence-corrected chi connectivity index (χ1v) is 7.57. The van der Waals surface area contributed by atoms with Crippen LogP contribution in [-0.2, 0) is 9.47 Å². The van der Waals surface area contributed by atoms with Crippen molar-refractivity contribution in [2.45, 2.75) is 52.2 Å². The number of carbonyl (C=O) groups excluding carboxylic acids is 2. The number of nitrogens with one attached hydrogen (secondary N) is 1. The normalized spacial score (nSPS) is 22.2. The van der Waals surface area contributed by atoms with Crippen LogP contribution in [0.1, 0.15) is 40.5 Å². The van der Waals surface area contributed by atoms with Crippen molar-refractivity contribution >= 4 is 12.2 Å². The Hall–Kier alpha value is -1.97. The Balaban J connectivity index is 2.65.